The molecule has 2 atom stereocenters. The van der Waals surface area contributed by atoms with Crippen LogP contribution in [0.4, 0.5) is 0 Å². The Bertz CT molecular complexity index is 479. The van der Waals surface area contributed by atoms with Gasteiger partial charge in [0.05, 0.1) is 12.2 Å². The van der Waals surface area contributed by atoms with E-state index in [1.54, 1.807) is 0 Å². The van der Waals surface area contributed by atoms with Gasteiger partial charge < -0.3 is 14.9 Å². The van der Waals surface area contributed by atoms with E-state index >= 15 is 0 Å². The first kappa shape index (κ1) is 36.1. The summed E-state index contributed by atoms with van der Waals surface area (Å²) in [7, 11) is 0. The fourth-order valence-electron chi connectivity index (χ4n) is 4.95. The summed E-state index contributed by atoms with van der Waals surface area (Å²) in [6.07, 6.45) is 31.2. The first-order valence-corrected chi connectivity index (χ1v) is 16.2. The molecular formula is C33H64O4. The van der Waals surface area contributed by atoms with E-state index in [0.717, 1.165) is 32.1 Å². The number of unbranched alkanes of at least 4 members (excludes halogenated alkanes) is 21. The zero-order chi connectivity index (χ0) is 27.2. The average molecular weight is 525 g/mol. The van der Waals surface area contributed by atoms with E-state index in [1.165, 1.54) is 116 Å². The molecule has 0 aliphatic carbocycles. The molecule has 0 bridgehead atoms. The normalized spacial score (nSPS) is 12.9. The summed E-state index contributed by atoms with van der Waals surface area (Å²) in [6, 6.07) is 0. The lowest BCUT2D eigenvalue weighted by Crippen LogP contribution is -2.24. The van der Waals surface area contributed by atoms with Crippen LogP contribution in [0.2, 0.25) is 0 Å². The maximum absolute atomic E-state index is 11.9. The maximum atomic E-state index is 11.9. The third-order valence-electron chi connectivity index (χ3n) is 7.41. The molecule has 0 rings (SSSR count). The third kappa shape index (κ3) is 29.5. The summed E-state index contributed by atoms with van der Waals surface area (Å²) in [4.78, 5) is 11.9. The number of ether oxygens (including phenoxy) is 1. The van der Waals surface area contributed by atoms with Crippen LogP contribution in [-0.2, 0) is 9.53 Å². The molecular weight excluding hydrogens is 460 g/mol. The number of carbonyl (C=O) groups excluding carboxylic acids is 1. The van der Waals surface area contributed by atoms with E-state index in [4.69, 9.17) is 4.74 Å². The number of aliphatic hydroxyl groups is 2. The van der Waals surface area contributed by atoms with Gasteiger partial charge in [0.1, 0.15) is 6.61 Å². The number of allylic oxidation sites excluding steroid dienone is 1. The molecule has 0 heterocycles. The minimum atomic E-state index is -0.772. The van der Waals surface area contributed by atoms with Crippen LogP contribution < -0.4 is 0 Å². The van der Waals surface area contributed by atoms with E-state index in [9.17, 15) is 15.0 Å². The summed E-state index contributed by atoms with van der Waals surface area (Å²) < 4.78 is 5.22. The van der Waals surface area contributed by atoms with Crippen molar-refractivity contribution in [2.24, 2.45) is 0 Å². The van der Waals surface area contributed by atoms with Crippen molar-refractivity contribution in [1.82, 2.24) is 0 Å². The largest absolute Gasteiger partial charge is 0.463 e. The van der Waals surface area contributed by atoms with Crippen LogP contribution in [0, 0.1) is 0 Å². The number of carbonyl (C=O) groups is 1. The van der Waals surface area contributed by atoms with Crippen molar-refractivity contribution in [1.29, 1.82) is 0 Å². The molecule has 4 nitrogen and oxygen atoms in total. The summed E-state index contributed by atoms with van der Waals surface area (Å²) in [6.45, 7) is 6.02. The first-order chi connectivity index (χ1) is 18.1. The summed E-state index contributed by atoms with van der Waals surface area (Å²) in [5.41, 5.74) is 0. The minimum absolute atomic E-state index is 0.00113. The van der Waals surface area contributed by atoms with Crippen molar-refractivity contribution >= 4 is 5.97 Å². The van der Waals surface area contributed by atoms with Crippen LogP contribution in [0.25, 0.3) is 0 Å². The lowest BCUT2D eigenvalue weighted by molar-refractivity contribution is -0.147. The highest BCUT2D eigenvalue weighted by Crippen LogP contribution is 2.15. The van der Waals surface area contributed by atoms with Gasteiger partial charge in [-0.2, -0.15) is 0 Å². The number of aliphatic hydroxyl groups excluding tert-OH is 2. The molecule has 220 valence electrons. The molecule has 0 spiro atoms. The van der Waals surface area contributed by atoms with E-state index in [0.29, 0.717) is 12.8 Å². The van der Waals surface area contributed by atoms with Crippen LogP contribution in [0.5, 0.6) is 0 Å². The number of hydrogen-bond donors (Lipinski definition) is 2. The number of esters is 1. The molecule has 4 heteroatoms. The molecule has 0 radical (unpaired) electrons. The summed E-state index contributed by atoms with van der Waals surface area (Å²) >= 11 is 0. The standard InChI is InChI=1S/C33H64O4/c1-3-5-7-9-11-13-15-16-18-20-22-24-26-28-33(36)37-30-32(35)29-31(34)27-25-23-21-19-17-14-12-10-8-6-4-2/h4,31-32,34-35H,2-3,5-30H2,1H3/t31-,32-/m1/s1. The Morgan fingerprint density at radius 1 is 0.649 bits per heavy atom. The Balaban J connectivity index is 3.41. The topological polar surface area (TPSA) is 66.8 Å². The second-order valence-corrected chi connectivity index (χ2v) is 11.3. The van der Waals surface area contributed by atoms with Crippen molar-refractivity contribution in [2.45, 2.75) is 186 Å². The molecule has 0 aromatic carbocycles. The van der Waals surface area contributed by atoms with E-state index in [1.807, 2.05) is 6.08 Å². The van der Waals surface area contributed by atoms with Gasteiger partial charge in [-0.1, -0.05) is 141 Å². The molecule has 0 saturated carbocycles. The molecule has 37 heavy (non-hydrogen) atoms. The molecule has 0 aromatic rings. The van der Waals surface area contributed by atoms with Crippen LogP contribution >= 0.6 is 0 Å². The highest BCUT2D eigenvalue weighted by atomic mass is 16.5. The first-order valence-electron chi connectivity index (χ1n) is 16.2. The SMILES string of the molecule is C=CCCCCCCCCCCC[C@@H](O)C[C@@H](O)COC(=O)CCCCCCCCCCCCCCC. The molecule has 2 N–H and O–H groups in total. The number of rotatable bonds is 30. The van der Waals surface area contributed by atoms with Crippen LogP contribution in [-0.4, -0.2) is 35.0 Å². The minimum Gasteiger partial charge on any atom is -0.463 e. The van der Waals surface area contributed by atoms with Crippen LogP contribution in [0.3, 0.4) is 0 Å². The Kier molecular flexibility index (Phi) is 29.0. The molecule has 0 aliphatic rings. The predicted molar refractivity (Wildman–Crippen MR) is 159 cm³/mol. The lowest BCUT2D eigenvalue weighted by Gasteiger charge is -2.16. The van der Waals surface area contributed by atoms with E-state index < -0.39 is 12.2 Å². The van der Waals surface area contributed by atoms with Crippen LogP contribution in [0.15, 0.2) is 12.7 Å². The van der Waals surface area contributed by atoms with Gasteiger partial charge in [-0.3, -0.25) is 4.79 Å². The van der Waals surface area contributed by atoms with Gasteiger partial charge in [-0.25, -0.2) is 0 Å². The number of hydrogen-bond acceptors (Lipinski definition) is 4. The van der Waals surface area contributed by atoms with Gasteiger partial charge in [-0.05, 0) is 25.7 Å². The van der Waals surface area contributed by atoms with Gasteiger partial charge in [0, 0.05) is 12.8 Å². The molecule has 0 aromatic heterocycles. The smallest absolute Gasteiger partial charge is 0.305 e. The second kappa shape index (κ2) is 29.7. The van der Waals surface area contributed by atoms with Crippen molar-refractivity contribution in [3.05, 3.63) is 12.7 Å². The molecule has 0 unspecified atom stereocenters. The van der Waals surface area contributed by atoms with Gasteiger partial charge in [0.15, 0.2) is 0 Å². The van der Waals surface area contributed by atoms with Crippen LogP contribution in [0.1, 0.15) is 174 Å². The van der Waals surface area contributed by atoms with Gasteiger partial charge in [0.25, 0.3) is 0 Å². The summed E-state index contributed by atoms with van der Waals surface area (Å²) in [5, 5.41) is 20.2. The molecule has 0 amide bonds. The fourth-order valence-corrected chi connectivity index (χ4v) is 4.95. The Hall–Kier alpha value is -0.870. The lowest BCUT2D eigenvalue weighted by atomic mass is 10.0. The predicted octanol–water partition coefficient (Wildman–Crippen LogP) is 9.60. The molecule has 0 fully saturated rings. The molecule has 0 saturated heterocycles. The summed E-state index contributed by atoms with van der Waals surface area (Å²) in [5.74, 6) is -0.225. The van der Waals surface area contributed by atoms with E-state index in [-0.39, 0.29) is 19.0 Å². The van der Waals surface area contributed by atoms with Gasteiger partial charge in [-0.15, -0.1) is 6.58 Å². The quantitative estimate of drug-likeness (QED) is 0.0557. The third-order valence-corrected chi connectivity index (χ3v) is 7.41. The highest BCUT2D eigenvalue weighted by Gasteiger charge is 2.14. The van der Waals surface area contributed by atoms with Gasteiger partial charge in [0.2, 0.25) is 0 Å². The van der Waals surface area contributed by atoms with Crippen molar-refractivity contribution in [3.8, 4) is 0 Å². The van der Waals surface area contributed by atoms with Crippen molar-refractivity contribution in [3.63, 3.8) is 0 Å². The van der Waals surface area contributed by atoms with Crippen molar-refractivity contribution in [2.75, 3.05) is 6.61 Å². The zero-order valence-corrected chi connectivity index (χ0v) is 24.7. The molecule has 0 aliphatic heterocycles. The van der Waals surface area contributed by atoms with Gasteiger partial charge >= 0.3 is 5.97 Å². The van der Waals surface area contributed by atoms with Crippen molar-refractivity contribution < 1.29 is 19.7 Å². The fraction of sp³-hybridized carbons (Fsp3) is 0.909. The second-order valence-electron chi connectivity index (χ2n) is 11.3. The highest BCUT2D eigenvalue weighted by molar-refractivity contribution is 5.69. The zero-order valence-electron chi connectivity index (χ0n) is 24.7. The monoisotopic (exact) mass is 524 g/mol. The Labute approximate surface area is 231 Å². The Morgan fingerprint density at radius 2 is 1.08 bits per heavy atom. The maximum Gasteiger partial charge on any atom is 0.305 e. The van der Waals surface area contributed by atoms with E-state index in [2.05, 4.69) is 13.5 Å². The average Bonchev–Trinajstić information content (AvgIpc) is 2.88. The Morgan fingerprint density at radius 3 is 1.57 bits per heavy atom.